The van der Waals surface area contributed by atoms with E-state index in [1.165, 1.54) is 38.5 Å². The van der Waals surface area contributed by atoms with E-state index in [1.807, 2.05) is 0 Å². The fourth-order valence-corrected chi connectivity index (χ4v) is 7.51. The van der Waals surface area contributed by atoms with Crippen LogP contribution in [0.1, 0.15) is 145 Å². The zero-order valence-electron chi connectivity index (χ0n) is 26.2. The van der Waals surface area contributed by atoms with Crippen molar-refractivity contribution in [1.29, 1.82) is 0 Å². The first-order chi connectivity index (χ1) is 17.6. The molecule has 0 spiro atoms. The Hall–Kier alpha value is -1.14. The number of esters is 1. The molecule has 38 heavy (non-hydrogen) atoms. The smallest absolute Gasteiger partial charge is 0.309 e. The summed E-state index contributed by atoms with van der Waals surface area (Å²) in [7, 11) is 0. The summed E-state index contributed by atoms with van der Waals surface area (Å²) in [4.78, 5) is 29.3. The number of hydrogen-bond acceptors (Lipinski definition) is 5. The quantitative estimate of drug-likeness (QED) is 0.173. The fraction of sp³-hybridized carbons (Fsp3) is 0.938. The summed E-state index contributed by atoms with van der Waals surface area (Å²) in [5, 5.41) is 8.84. The zero-order chi connectivity index (χ0) is 28.6. The molecule has 0 aromatic rings. The predicted molar refractivity (Wildman–Crippen MR) is 156 cm³/mol. The van der Waals surface area contributed by atoms with Crippen LogP contribution in [0.15, 0.2) is 0 Å². The lowest BCUT2D eigenvalue weighted by Gasteiger charge is -2.53. The number of rotatable bonds is 15. The Kier molecular flexibility index (Phi) is 12.2. The van der Waals surface area contributed by atoms with E-state index < -0.39 is 5.97 Å². The van der Waals surface area contributed by atoms with Crippen molar-refractivity contribution < 1.29 is 19.4 Å². The Morgan fingerprint density at radius 2 is 1.13 bits per heavy atom. The predicted octanol–water partition coefficient (Wildman–Crippen LogP) is 7.44. The molecule has 1 N–H and O–H groups in total. The number of ether oxygens (including phenoxy) is 1. The Balaban J connectivity index is 1.95. The molecule has 6 nitrogen and oxygen atoms in total. The van der Waals surface area contributed by atoms with E-state index in [-0.39, 0.29) is 40.5 Å². The van der Waals surface area contributed by atoms with E-state index in [1.54, 1.807) is 0 Å². The van der Waals surface area contributed by atoms with Crippen LogP contribution in [-0.2, 0) is 14.3 Å². The number of hydrogen-bond donors (Lipinski definition) is 1. The molecule has 2 rings (SSSR count). The molecule has 0 aromatic carbocycles. The molecule has 2 aliphatic rings. The second-order valence-corrected chi connectivity index (χ2v) is 14.6. The third kappa shape index (κ3) is 9.80. The third-order valence-electron chi connectivity index (χ3n) is 9.61. The average Bonchev–Trinajstić information content (AvgIpc) is 2.77. The highest BCUT2D eigenvalue weighted by Gasteiger charge is 2.42. The van der Waals surface area contributed by atoms with Crippen LogP contribution in [0.4, 0.5) is 0 Å². The van der Waals surface area contributed by atoms with Gasteiger partial charge >= 0.3 is 11.9 Å². The van der Waals surface area contributed by atoms with Gasteiger partial charge in [0.1, 0.15) is 6.61 Å². The van der Waals surface area contributed by atoms with Crippen LogP contribution in [0.2, 0.25) is 0 Å². The van der Waals surface area contributed by atoms with Gasteiger partial charge in [0.2, 0.25) is 0 Å². The molecule has 0 aliphatic carbocycles. The van der Waals surface area contributed by atoms with E-state index in [9.17, 15) is 9.59 Å². The maximum Gasteiger partial charge on any atom is 0.309 e. The Labute approximate surface area is 234 Å². The van der Waals surface area contributed by atoms with E-state index in [0.717, 1.165) is 58.0 Å². The van der Waals surface area contributed by atoms with Gasteiger partial charge in [0.25, 0.3) is 0 Å². The van der Waals surface area contributed by atoms with Gasteiger partial charge in [-0.2, -0.15) is 0 Å². The van der Waals surface area contributed by atoms with Crippen LogP contribution in [-0.4, -0.2) is 68.7 Å². The van der Waals surface area contributed by atoms with Gasteiger partial charge in [-0.15, -0.1) is 0 Å². The number of likely N-dealkylation sites (tertiary alicyclic amines) is 2. The van der Waals surface area contributed by atoms with Gasteiger partial charge in [-0.05, 0) is 113 Å². The molecule has 222 valence electrons. The highest BCUT2D eigenvalue weighted by Crippen LogP contribution is 2.39. The molecule has 1 unspecified atom stereocenters. The van der Waals surface area contributed by atoms with Gasteiger partial charge in [-0.25, -0.2) is 0 Å². The fourth-order valence-electron chi connectivity index (χ4n) is 7.51. The average molecular weight is 537 g/mol. The summed E-state index contributed by atoms with van der Waals surface area (Å²) in [6.45, 7) is 20.8. The lowest BCUT2D eigenvalue weighted by molar-refractivity contribution is -0.152. The standard InChI is InChI=1S/C32H60N2O4/c1-29(2)19-14-20-30(3,4)33(29)23-18-26(16-12-10-9-11-13-17-27(35)36)28(37)38-25-24-34-31(5,6)21-15-22-32(34,7)8/h26H,9-25H2,1-8H3,(H,35,36). The maximum atomic E-state index is 13.4. The molecule has 6 heteroatoms. The SMILES string of the molecule is CC1(C)CCCC(C)(C)N1CCOC(=O)C(CCCCCCCC(=O)O)CCN1C(C)(C)CCCC1(C)C. The van der Waals surface area contributed by atoms with Crippen molar-refractivity contribution in [2.75, 3.05) is 19.7 Å². The van der Waals surface area contributed by atoms with Crippen LogP contribution in [0.5, 0.6) is 0 Å². The maximum absolute atomic E-state index is 13.4. The van der Waals surface area contributed by atoms with Crippen molar-refractivity contribution in [3.63, 3.8) is 0 Å². The Morgan fingerprint density at radius 3 is 1.63 bits per heavy atom. The van der Waals surface area contributed by atoms with Crippen LogP contribution in [0.25, 0.3) is 0 Å². The lowest BCUT2D eigenvalue weighted by atomic mass is 9.79. The second-order valence-electron chi connectivity index (χ2n) is 14.6. The lowest BCUT2D eigenvalue weighted by Crippen LogP contribution is -2.59. The number of carbonyl (C=O) groups excluding carboxylic acids is 1. The number of aliphatic carboxylic acids is 1. The molecule has 0 aromatic heterocycles. The molecule has 2 saturated heterocycles. The number of piperidine rings is 2. The van der Waals surface area contributed by atoms with E-state index >= 15 is 0 Å². The van der Waals surface area contributed by atoms with Gasteiger partial charge in [0, 0.05) is 41.7 Å². The van der Waals surface area contributed by atoms with Gasteiger partial charge in [0.05, 0.1) is 5.92 Å². The number of carboxylic acids is 1. The van der Waals surface area contributed by atoms with Gasteiger partial charge in [0.15, 0.2) is 0 Å². The summed E-state index contributed by atoms with van der Waals surface area (Å²) < 4.78 is 5.99. The molecule has 2 aliphatic heterocycles. The number of unbranched alkanes of at least 4 members (excludes halogenated alkanes) is 4. The van der Waals surface area contributed by atoms with Crippen LogP contribution in [0, 0.1) is 5.92 Å². The van der Waals surface area contributed by atoms with Crippen LogP contribution < -0.4 is 0 Å². The zero-order valence-corrected chi connectivity index (χ0v) is 26.2. The monoisotopic (exact) mass is 536 g/mol. The summed E-state index contributed by atoms with van der Waals surface area (Å²) in [6.07, 6.45) is 14.0. The van der Waals surface area contributed by atoms with Crippen molar-refractivity contribution in [1.82, 2.24) is 9.80 Å². The number of carboxylic acid groups (broad SMARTS) is 1. The number of nitrogens with zero attached hydrogens (tertiary/aromatic N) is 2. The highest BCUT2D eigenvalue weighted by molar-refractivity contribution is 5.72. The molecule has 0 saturated carbocycles. The number of carbonyl (C=O) groups is 2. The molecule has 0 bridgehead atoms. The summed E-state index contributed by atoms with van der Waals surface area (Å²) >= 11 is 0. The highest BCUT2D eigenvalue weighted by atomic mass is 16.5. The van der Waals surface area contributed by atoms with Crippen molar-refractivity contribution >= 4 is 11.9 Å². The minimum absolute atomic E-state index is 0.0314. The molecular weight excluding hydrogens is 476 g/mol. The third-order valence-corrected chi connectivity index (χ3v) is 9.61. The topological polar surface area (TPSA) is 70.1 Å². The van der Waals surface area contributed by atoms with Crippen LogP contribution in [0.3, 0.4) is 0 Å². The first-order valence-electron chi connectivity index (χ1n) is 15.5. The van der Waals surface area contributed by atoms with Gasteiger partial charge < -0.3 is 9.84 Å². The van der Waals surface area contributed by atoms with E-state index in [0.29, 0.717) is 6.61 Å². The minimum atomic E-state index is -0.715. The largest absolute Gasteiger partial charge is 0.481 e. The Morgan fingerprint density at radius 1 is 0.684 bits per heavy atom. The first kappa shape index (κ1) is 33.1. The van der Waals surface area contributed by atoms with Crippen molar-refractivity contribution in [2.45, 2.75) is 167 Å². The summed E-state index contributed by atoms with van der Waals surface area (Å²) in [5.41, 5.74) is 0.538. The minimum Gasteiger partial charge on any atom is -0.481 e. The molecular formula is C32H60N2O4. The Bertz CT molecular complexity index is 727. The van der Waals surface area contributed by atoms with Gasteiger partial charge in [-0.1, -0.05) is 25.7 Å². The molecule has 0 radical (unpaired) electrons. The van der Waals surface area contributed by atoms with E-state index in [4.69, 9.17) is 9.84 Å². The molecule has 0 amide bonds. The van der Waals surface area contributed by atoms with Gasteiger partial charge in [-0.3, -0.25) is 19.4 Å². The van der Waals surface area contributed by atoms with Crippen molar-refractivity contribution in [3.8, 4) is 0 Å². The van der Waals surface area contributed by atoms with Crippen molar-refractivity contribution in [2.24, 2.45) is 5.92 Å². The first-order valence-corrected chi connectivity index (χ1v) is 15.5. The molecule has 2 fully saturated rings. The van der Waals surface area contributed by atoms with E-state index in [2.05, 4.69) is 65.2 Å². The van der Waals surface area contributed by atoms with Crippen molar-refractivity contribution in [3.05, 3.63) is 0 Å². The normalized spacial score (nSPS) is 23.6. The summed E-state index contributed by atoms with van der Waals surface area (Å²) in [5.74, 6) is -0.825. The molecule has 1 atom stereocenters. The summed E-state index contributed by atoms with van der Waals surface area (Å²) in [6, 6.07) is 0. The molecule has 2 heterocycles. The van der Waals surface area contributed by atoms with Crippen LogP contribution >= 0.6 is 0 Å². The second kappa shape index (κ2) is 14.0.